The van der Waals surface area contributed by atoms with Crippen molar-refractivity contribution in [3.8, 4) is 0 Å². The maximum atomic E-state index is 2.35. The molecule has 13 heavy (non-hydrogen) atoms. The molecule has 0 aliphatic rings. The molecule has 0 nitrogen and oxygen atoms in total. The molecule has 0 radical (unpaired) electrons. The largest absolute Gasteiger partial charge is 0.0776 e. The summed E-state index contributed by atoms with van der Waals surface area (Å²) in [5, 5.41) is 0. The van der Waals surface area contributed by atoms with Gasteiger partial charge in [-0.1, -0.05) is 69.7 Å². The van der Waals surface area contributed by atoms with E-state index in [9.17, 15) is 0 Å². The lowest BCUT2D eigenvalue weighted by atomic mass is 9.91. The third-order valence-electron chi connectivity index (χ3n) is 2.34. The first-order chi connectivity index (χ1) is 4.54. The number of hydrogen-bond donors (Lipinski definition) is 0. The quantitative estimate of drug-likeness (QED) is 0.539. The first-order valence-corrected chi connectivity index (χ1v) is 4.54. The Morgan fingerprint density at radius 3 is 1.31 bits per heavy atom. The SMILES string of the molecule is C.C.C.CC(C)CCC(C)C(C)C. The van der Waals surface area contributed by atoms with Crippen LogP contribution in [-0.4, -0.2) is 0 Å². The molecule has 0 fully saturated rings. The van der Waals surface area contributed by atoms with Gasteiger partial charge in [-0.25, -0.2) is 0 Å². The van der Waals surface area contributed by atoms with Gasteiger partial charge in [0.2, 0.25) is 0 Å². The van der Waals surface area contributed by atoms with E-state index in [1.54, 1.807) is 0 Å². The van der Waals surface area contributed by atoms with Crippen molar-refractivity contribution in [3.63, 3.8) is 0 Å². The van der Waals surface area contributed by atoms with Crippen LogP contribution in [0.1, 0.15) is 69.7 Å². The van der Waals surface area contributed by atoms with Crippen molar-refractivity contribution >= 4 is 0 Å². The predicted octanol–water partition coefficient (Wildman–Crippen LogP) is 5.62. The van der Waals surface area contributed by atoms with Crippen LogP contribution in [0.2, 0.25) is 0 Å². The highest BCUT2D eigenvalue weighted by Gasteiger charge is 2.06. The van der Waals surface area contributed by atoms with E-state index in [4.69, 9.17) is 0 Å². The zero-order chi connectivity index (χ0) is 8.15. The Labute approximate surface area is 88.1 Å². The fourth-order valence-electron chi connectivity index (χ4n) is 0.930. The molecule has 0 aliphatic carbocycles. The minimum Gasteiger partial charge on any atom is -0.0776 e. The molecule has 1 unspecified atom stereocenters. The maximum absolute atomic E-state index is 2.35. The van der Waals surface area contributed by atoms with Crippen LogP contribution in [0.3, 0.4) is 0 Å². The summed E-state index contributed by atoms with van der Waals surface area (Å²) < 4.78 is 0. The lowest BCUT2D eigenvalue weighted by molar-refractivity contribution is 0.358. The maximum Gasteiger partial charge on any atom is -0.0420 e. The zero-order valence-electron chi connectivity index (χ0n) is 8.15. The van der Waals surface area contributed by atoms with Gasteiger partial charge in [-0.3, -0.25) is 0 Å². The van der Waals surface area contributed by atoms with Crippen molar-refractivity contribution in [3.05, 3.63) is 0 Å². The number of hydrogen-bond acceptors (Lipinski definition) is 0. The van der Waals surface area contributed by atoms with Crippen LogP contribution >= 0.6 is 0 Å². The molecule has 0 heteroatoms. The molecule has 0 saturated carbocycles. The summed E-state index contributed by atoms with van der Waals surface area (Å²) in [5.41, 5.74) is 0. The first kappa shape index (κ1) is 23.1. The molecule has 0 spiro atoms. The summed E-state index contributed by atoms with van der Waals surface area (Å²) in [6.45, 7) is 11.6. The Morgan fingerprint density at radius 2 is 1.08 bits per heavy atom. The van der Waals surface area contributed by atoms with Crippen LogP contribution in [0.25, 0.3) is 0 Å². The van der Waals surface area contributed by atoms with Gasteiger partial charge in [-0.15, -0.1) is 0 Å². The van der Waals surface area contributed by atoms with Crippen molar-refractivity contribution in [2.24, 2.45) is 17.8 Å². The van der Waals surface area contributed by atoms with Gasteiger partial charge in [0.15, 0.2) is 0 Å². The van der Waals surface area contributed by atoms with Crippen LogP contribution < -0.4 is 0 Å². The second-order valence-electron chi connectivity index (χ2n) is 4.19. The van der Waals surface area contributed by atoms with Crippen LogP contribution in [0, 0.1) is 17.8 Å². The smallest absolute Gasteiger partial charge is 0.0420 e. The van der Waals surface area contributed by atoms with Gasteiger partial charge in [-0.05, 0) is 17.8 Å². The normalized spacial score (nSPS) is 11.3. The van der Waals surface area contributed by atoms with Crippen LogP contribution in [-0.2, 0) is 0 Å². The Morgan fingerprint density at radius 1 is 0.692 bits per heavy atom. The highest BCUT2D eigenvalue weighted by molar-refractivity contribution is 4.58. The molecule has 0 aromatic heterocycles. The Kier molecular flexibility index (Phi) is 21.3. The minimum absolute atomic E-state index is 0. The lowest BCUT2D eigenvalue weighted by Gasteiger charge is -2.15. The summed E-state index contributed by atoms with van der Waals surface area (Å²) in [7, 11) is 0. The van der Waals surface area contributed by atoms with E-state index in [0.717, 1.165) is 17.8 Å². The van der Waals surface area contributed by atoms with E-state index < -0.39 is 0 Å². The molecule has 0 aromatic carbocycles. The van der Waals surface area contributed by atoms with E-state index in [1.807, 2.05) is 0 Å². The minimum atomic E-state index is 0. The molecule has 0 N–H and O–H groups in total. The van der Waals surface area contributed by atoms with Gasteiger partial charge < -0.3 is 0 Å². The van der Waals surface area contributed by atoms with Gasteiger partial charge in [0.25, 0.3) is 0 Å². The predicted molar refractivity (Wildman–Crippen MR) is 68.3 cm³/mol. The van der Waals surface area contributed by atoms with Gasteiger partial charge in [0.1, 0.15) is 0 Å². The molecule has 0 aliphatic heterocycles. The van der Waals surface area contributed by atoms with E-state index in [0.29, 0.717) is 0 Å². The second-order valence-corrected chi connectivity index (χ2v) is 4.19. The molecule has 1 atom stereocenters. The standard InChI is InChI=1S/C10H22.3CH4/c1-8(2)6-7-10(5)9(3)4;;;/h8-10H,6-7H2,1-5H3;3*1H4. The first-order valence-electron chi connectivity index (χ1n) is 4.54. The molecule has 0 bridgehead atoms. The molecular formula is C13H34. The monoisotopic (exact) mass is 190 g/mol. The summed E-state index contributed by atoms with van der Waals surface area (Å²) >= 11 is 0. The van der Waals surface area contributed by atoms with Crippen molar-refractivity contribution in [1.29, 1.82) is 0 Å². The van der Waals surface area contributed by atoms with E-state index in [1.165, 1.54) is 12.8 Å². The lowest BCUT2D eigenvalue weighted by Crippen LogP contribution is -2.04. The van der Waals surface area contributed by atoms with E-state index >= 15 is 0 Å². The van der Waals surface area contributed by atoms with Crippen molar-refractivity contribution in [1.82, 2.24) is 0 Å². The highest BCUT2D eigenvalue weighted by atomic mass is 14.1. The topological polar surface area (TPSA) is 0 Å². The third kappa shape index (κ3) is 14.8. The fourth-order valence-corrected chi connectivity index (χ4v) is 0.930. The Bertz CT molecular complexity index is 72.1. The molecule has 86 valence electrons. The van der Waals surface area contributed by atoms with Gasteiger partial charge in [0, 0.05) is 0 Å². The summed E-state index contributed by atoms with van der Waals surface area (Å²) in [6, 6.07) is 0. The average molecular weight is 190 g/mol. The van der Waals surface area contributed by atoms with Crippen LogP contribution in [0.15, 0.2) is 0 Å². The van der Waals surface area contributed by atoms with Crippen molar-refractivity contribution in [2.75, 3.05) is 0 Å². The van der Waals surface area contributed by atoms with Crippen LogP contribution in [0.4, 0.5) is 0 Å². The van der Waals surface area contributed by atoms with E-state index in [-0.39, 0.29) is 22.3 Å². The fraction of sp³-hybridized carbons (Fsp3) is 1.00. The Balaban J connectivity index is -0.000000135. The summed E-state index contributed by atoms with van der Waals surface area (Å²) in [6.07, 6.45) is 2.79. The third-order valence-corrected chi connectivity index (χ3v) is 2.34. The number of rotatable bonds is 4. The summed E-state index contributed by atoms with van der Waals surface area (Å²) in [4.78, 5) is 0. The van der Waals surface area contributed by atoms with E-state index in [2.05, 4.69) is 34.6 Å². The van der Waals surface area contributed by atoms with Gasteiger partial charge in [-0.2, -0.15) is 0 Å². The molecule has 0 amide bonds. The van der Waals surface area contributed by atoms with Gasteiger partial charge in [0.05, 0.1) is 0 Å². The molecule has 0 heterocycles. The molecule has 0 rings (SSSR count). The van der Waals surface area contributed by atoms with Crippen LogP contribution in [0.5, 0.6) is 0 Å². The Hall–Kier alpha value is 0. The van der Waals surface area contributed by atoms with Crippen molar-refractivity contribution in [2.45, 2.75) is 69.7 Å². The zero-order valence-corrected chi connectivity index (χ0v) is 8.15. The molecule has 0 saturated heterocycles. The average Bonchev–Trinajstić information content (AvgIpc) is 1.82. The molecular weight excluding hydrogens is 156 g/mol. The molecule has 0 aromatic rings. The van der Waals surface area contributed by atoms with Gasteiger partial charge >= 0.3 is 0 Å². The summed E-state index contributed by atoms with van der Waals surface area (Å²) in [5.74, 6) is 2.64. The highest BCUT2D eigenvalue weighted by Crippen LogP contribution is 2.18. The second kappa shape index (κ2) is 12.0. The van der Waals surface area contributed by atoms with Crippen molar-refractivity contribution < 1.29 is 0 Å².